The van der Waals surface area contributed by atoms with E-state index in [4.69, 9.17) is 18.9 Å². The molecule has 7 fully saturated rings. The molecular formula is C36H48N2O10. The van der Waals surface area contributed by atoms with Crippen LogP contribution < -0.4 is 4.90 Å². The van der Waals surface area contributed by atoms with Crippen LogP contribution in [0, 0.1) is 40.4 Å². The second-order valence-corrected chi connectivity index (χ2v) is 15.7. The summed E-state index contributed by atoms with van der Waals surface area (Å²) in [6.45, 7) is 4.65. The van der Waals surface area contributed by atoms with Gasteiger partial charge in [-0.25, -0.2) is 9.69 Å². The summed E-state index contributed by atoms with van der Waals surface area (Å²) in [4.78, 5) is 43.0. The lowest BCUT2D eigenvalue weighted by Gasteiger charge is -2.70. The molecule has 12 nitrogen and oxygen atoms in total. The van der Waals surface area contributed by atoms with E-state index in [1.165, 1.54) is 0 Å². The molecule has 2 amide bonds. The Balaban J connectivity index is 1.22. The predicted octanol–water partition coefficient (Wildman–Crippen LogP) is 1.38. The van der Waals surface area contributed by atoms with Gasteiger partial charge in [-0.2, -0.15) is 0 Å². The number of ether oxygens (including phenoxy) is 4. The molecule has 0 unspecified atom stereocenters. The number of hydrogen-bond donors (Lipinski definition) is 3. The Kier molecular flexibility index (Phi) is 7.35. The number of carbonyl (C=O) groups excluding carboxylic acids is 3. The fraction of sp³-hybridized carbons (Fsp3) is 0.750. The molecule has 5 saturated carbocycles. The van der Waals surface area contributed by atoms with E-state index in [1.54, 1.807) is 52.5 Å². The summed E-state index contributed by atoms with van der Waals surface area (Å²) in [7, 11) is 4.96. The molecule has 0 radical (unpaired) electrons. The van der Waals surface area contributed by atoms with Crippen molar-refractivity contribution in [3.8, 4) is 0 Å². The third-order valence-corrected chi connectivity index (χ3v) is 14.3. The Labute approximate surface area is 280 Å². The van der Waals surface area contributed by atoms with Gasteiger partial charge in [0.05, 0.1) is 48.3 Å². The normalized spacial score (nSPS) is 48.7. The number of nitrogens with zero attached hydrogens (tertiary/aromatic N) is 2. The van der Waals surface area contributed by atoms with Crippen LogP contribution >= 0.6 is 0 Å². The molecule has 48 heavy (non-hydrogen) atoms. The van der Waals surface area contributed by atoms with Gasteiger partial charge in [-0.3, -0.25) is 14.5 Å². The standard InChI is InChI=1S/C36H48N2O10/c1-6-37-16-33(17-48-31(42)19-9-7-8-10-22(19)38-25(39)13-18(2)30(38)41)12-11-24(46-4)35-21-14-20-23(45-3)15-34(43,26(21)27(20)47-5)36(44,32(35)37)29(40)28(33)35/h7-10,18,20-21,23-24,26-29,32,40,43-44H,6,11-17H2,1-5H3/t18-,20+,21+,23-,24-,26+,27-,28+,29-,32-,33-,34+,35-,36+/m0/s1. The number of para-hydroxylation sites is 1. The lowest BCUT2D eigenvalue weighted by Crippen LogP contribution is -2.82. The summed E-state index contributed by atoms with van der Waals surface area (Å²) in [6.07, 6.45) is -0.236. The van der Waals surface area contributed by atoms with Crippen LogP contribution in [0.4, 0.5) is 5.69 Å². The first-order chi connectivity index (χ1) is 22.9. The largest absolute Gasteiger partial charge is 0.461 e. The number of fused-ring (bicyclic) bond motifs is 2. The summed E-state index contributed by atoms with van der Waals surface area (Å²) in [6, 6.07) is 5.89. The number of aliphatic hydroxyl groups is 3. The zero-order valence-electron chi connectivity index (χ0n) is 28.3. The number of likely N-dealkylation sites (tertiary alicyclic amines) is 1. The number of rotatable bonds is 8. The van der Waals surface area contributed by atoms with Crippen molar-refractivity contribution in [1.82, 2.24) is 4.90 Å². The van der Waals surface area contributed by atoms with Crippen LogP contribution in [0.5, 0.6) is 0 Å². The second-order valence-electron chi connectivity index (χ2n) is 15.7. The summed E-state index contributed by atoms with van der Waals surface area (Å²) < 4.78 is 24.6. The SMILES string of the molecule is CCN1C[C@]2(COC(=O)c3ccccc3N3C(=O)C[C@H](C)C3=O)CC[C@H](OC)[C@@]34[C@@H]5C[C@H]6[C@H](OC)[C@@H]5[C@](O)(C[C@@H]6OC)[C@@](O)([C@@H](O)[C@H]23)[C@@H]14. The molecule has 14 atom stereocenters. The quantitative estimate of drug-likeness (QED) is 0.272. The minimum Gasteiger partial charge on any atom is -0.461 e. The molecule has 262 valence electrons. The van der Waals surface area contributed by atoms with Crippen molar-refractivity contribution in [2.45, 2.75) is 87.6 Å². The van der Waals surface area contributed by atoms with Crippen LogP contribution in [0.2, 0.25) is 0 Å². The highest BCUT2D eigenvalue weighted by Gasteiger charge is 2.91. The van der Waals surface area contributed by atoms with Crippen molar-refractivity contribution < 1.29 is 48.7 Å². The zero-order chi connectivity index (χ0) is 34.1. The van der Waals surface area contributed by atoms with Crippen LogP contribution in [0.25, 0.3) is 0 Å². The molecule has 1 aromatic rings. The Hall–Kier alpha value is -2.45. The number of amides is 2. The minimum atomic E-state index is -1.93. The zero-order valence-corrected chi connectivity index (χ0v) is 28.3. The van der Waals surface area contributed by atoms with E-state index in [1.807, 2.05) is 6.92 Å². The van der Waals surface area contributed by atoms with Gasteiger partial charge in [0.1, 0.15) is 11.2 Å². The fourth-order valence-corrected chi connectivity index (χ4v) is 12.9. The predicted molar refractivity (Wildman–Crippen MR) is 170 cm³/mol. The number of esters is 1. The van der Waals surface area contributed by atoms with Crippen LogP contribution in [0.1, 0.15) is 56.3 Å². The van der Waals surface area contributed by atoms with E-state index in [2.05, 4.69) is 4.90 Å². The van der Waals surface area contributed by atoms with E-state index >= 15 is 0 Å². The van der Waals surface area contributed by atoms with Crippen LogP contribution in [-0.4, -0.2) is 121 Å². The first kappa shape index (κ1) is 32.7. The molecule has 7 bridgehead atoms. The third kappa shape index (κ3) is 3.62. The number of hydrogen-bond acceptors (Lipinski definition) is 11. The van der Waals surface area contributed by atoms with Crippen molar-refractivity contribution >= 4 is 23.5 Å². The lowest BCUT2D eigenvalue weighted by molar-refractivity contribution is -0.319. The van der Waals surface area contributed by atoms with Crippen molar-refractivity contribution in [3.63, 3.8) is 0 Å². The van der Waals surface area contributed by atoms with E-state index in [9.17, 15) is 29.7 Å². The molecule has 2 heterocycles. The third-order valence-electron chi connectivity index (χ3n) is 14.3. The number of methoxy groups -OCH3 is 3. The van der Waals surface area contributed by atoms with Crippen molar-refractivity contribution in [2.24, 2.45) is 40.4 Å². The average molecular weight is 669 g/mol. The fourth-order valence-electron chi connectivity index (χ4n) is 12.9. The van der Waals surface area contributed by atoms with Gasteiger partial charge in [0.25, 0.3) is 0 Å². The van der Waals surface area contributed by atoms with Crippen LogP contribution in [0.3, 0.4) is 0 Å². The number of imide groups is 1. The van der Waals surface area contributed by atoms with Crippen molar-refractivity contribution in [2.75, 3.05) is 45.9 Å². The second kappa shape index (κ2) is 10.8. The van der Waals surface area contributed by atoms with E-state index in [0.717, 1.165) is 4.90 Å². The molecule has 3 N–H and O–H groups in total. The smallest absolute Gasteiger partial charge is 0.340 e. The number of likely N-dealkylation sites (N-methyl/N-ethyl adjacent to an activating group) is 1. The average Bonchev–Trinajstić information content (AvgIpc) is 3.60. The Bertz CT molecular complexity index is 1540. The number of anilines is 1. The van der Waals surface area contributed by atoms with Gasteiger partial charge < -0.3 is 34.3 Å². The van der Waals surface area contributed by atoms with Gasteiger partial charge in [0.2, 0.25) is 11.8 Å². The molecule has 5 aliphatic carbocycles. The molecule has 8 rings (SSSR count). The molecule has 7 aliphatic rings. The van der Waals surface area contributed by atoms with Crippen molar-refractivity contribution in [3.05, 3.63) is 29.8 Å². The van der Waals surface area contributed by atoms with Crippen LogP contribution in [0.15, 0.2) is 24.3 Å². The first-order valence-electron chi connectivity index (χ1n) is 17.5. The molecule has 12 heteroatoms. The molecule has 2 saturated heterocycles. The number of piperidine rings is 1. The van der Waals surface area contributed by atoms with Gasteiger partial charge >= 0.3 is 5.97 Å². The first-order valence-corrected chi connectivity index (χ1v) is 17.5. The van der Waals surface area contributed by atoms with Gasteiger partial charge in [-0.15, -0.1) is 0 Å². The van der Waals surface area contributed by atoms with Crippen LogP contribution in [-0.2, 0) is 28.5 Å². The molecule has 2 aliphatic heterocycles. The van der Waals surface area contributed by atoms with E-state index in [0.29, 0.717) is 32.4 Å². The highest BCUT2D eigenvalue weighted by Crippen LogP contribution is 2.80. The number of carbonyl (C=O) groups is 3. The van der Waals surface area contributed by atoms with E-state index < -0.39 is 57.9 Å². The summed E-state index contributed by atoms with van der Waals surface area (Å²) in [5.74, 6) is -3.01. The number of benzene rings is 1. The summed E-state index contributed by atoms with van der Waals surface area (Å²) in [5.41, 5.74) is -4.84. The Morgan fingerprint density at radius 2 is 1.83 bits per heavy atom. The van der Waals surface area contributed by atoms with Crippen molar-refractivity contribution in [1.29, 1.82) is 0 Å². The van der Waals surface area contributed by atoms with Gasteiger partial charge in [0.15, 0.2) is 0 Å². The summed E-state index contributed by atoms with van der Waals surface area (Å²) in [5, 5.41) is 38.7. The topological polar surface area (TPSA) is 155 Å². The van der Waals surface area contributed by atoms with Gasteiger partial charge in [-0.1, -0.05) is 26.0 Å². The van der Waals surface area contributed by atoms with Gasteiger partial charge in [-0.05, 0) is 43.9 Å². The summed E-state index contributed by atoms with van der Waals surface area (Å²) >= 11 is 0. The Morgan fingerprint density at radius 3 is 2.48 bits per heavy atom. The highest BCUT2D eigenvalue weighted by atomic mass is 16.5. The minimum absolute atomic E-state index is 0.00225. The number of aliphatic hydroxyl groups excluding tert-OH is 1. The molecule has 1 aromatic carbocycles. The van der Waals surface area contributed by atoms with E-state index in [-0.39, 0.29) is 72.7 Å². The maximum Gasteiger partial charge on any atom is 0.340 e. The lowest BCUT2D eigenvalue weighted by atomic mass is 9.42. The monoisotopic (exact) mass is 668 g/mol. The van der Waals surface area contributed by atoms with Gasteiger partial charge in [0, 0.05) is 75.2 Å². The maximum absolute atomic E-state index is 14.0. The molecular weight excluding hydrogens is 620 g/mol. The Morgan fingerprint density at radius 1 is 1.08 bits per heavy atom. The molecule has 0 aromatic heterocycles. The highest BCUT2D eigenvalue weighted by molar-refractivity contribution is 6.22. The molecule has 1 spiro atoms. The maximum atomic E-state index is 14.0.